The van der Waals surface area contributed by atoms with E-state index in [1.54, 1.807) is 0 Å². The quantitative estimate of drug-likeness (QED) is 0.900. The molecule has 1 aromatic heterocycles. The van der Waals surface area contributed by atoms with Crippen LogP contribution in [0.4, 0.5) is 14.6 Å². The maximum atomic E-state index is 13.4. The minimum Gasteiger partial charge on any atom is -0.370 e. The van der Waals surface area contributed by atoms with Gasteiger partial charge < -0.3 is 5.32 Å². The van der Waals surface area contributed by atoms with E-state index in [2.05, 4.69) is 22.2 Å². The third-order valence-corrected chi connectivity index (χ3v) is 3.30. The average molecular weight is 291 g/mol. The summed E-state index contributed by atoms with van der Waals surface area (Å²) in [5, 5.41) is 3.25. The summed E-state index contributed by atoms with van der Waals surface area (Å²) in [5.74, 6) is -0.595. The first kappa shape index (κ1) is 15.4. The summed E-state index contributed by atoms with van der Waals surface area (Å²) < 4.78 is 26.4. The molecule has 0 aliphatic carbocycles. The van der Waals surface area contributed by atoms with Crippen LogP contribution in [0.3, 0.4) is 0 Å². The van der Waals surface area contributed by atoms with Crippen LogP contribution in [-0.2, 0) is 6.42 Å². The van der Waals surface area contributed by atoms with Gasteiger partial charge in [0.15, 0.2) is 17.5 Å². The van der Waals surface area contributed by atoms with Gasteiger partial charge in [-0.3, -0.25) is 0 Å². The van der Waals surface area contributed by atoms with E-state index in [1.807, 2.05) is 13.8 Å². The molecule has 2 aromatic rings. The number of nitrogens with zero attached hydrogens (tertiary/aromatic N) is 2. The molecule has 0 bridgehead atoms. The molecule has 21 heavy (non-hydrogen) atoms. The smallest absolute Gasteiger partial charge is 0.161 e. The maximum Gasteiger partial charge on any atom is 0.161 e. The summed E-state index contributed by atoms with van der Waals surface area (Å²) in [7, 11) is 0. The molecule has 0 radical (unpaired) electrons. The Labute approximate surface area is 123 Å². The number of rotatable bonds is 5. The average Bonchev–Trinajstić information content (AvgIpc) is 2.49. The maximum absolute atomic E-state index is 13.4. The molecule has 0 spiro atoms. The van der Waals surface area contributed by atoms with Gasteiger partial charge in [0.2, 0.25) is 0 Å². The van der Waals surface area contributed by atoms with Crippen molar-refractivity contribution in [3.63, 3.8) is 0 Å². The Hall–Kier alpha value is -2.04. The highest BCUT2D eigenvalue weighted by atomic mass is 19.2. The lowest BCUT2D eigenvalue weighted by molar-refractivity contribution is 0.509. The molecule has 1 heterocycles. The topological polar surface area (TPSA) is 37.8 Å². The zero-order valence-electron chi connectivity index (χ0n) is 12.5. The summed E-state index contributed by atoms with van der Waals surface area (Å²) in [4.78, 5) is 8.91. The second kappa shape index (κ2) is 6.61. The zero-order chi connectivity index (χ0) is 15.4. The monoisotopic (exact) mass is 291 g/mol. The Morgan fingerprint density at radius 1 is 1.10 bits per heavy atom. The summed E-state index contributed by atoms with van der Waals surface area (Å²) in [6, 6.07) is 3.72. The predicted molar refractivity (Wildman–Crippen MR) is 80.3 cm³/mol. The van der Waals surface area contributed by atoms with Crippen LogP contribution in [0.2, 0.25) is 0 Å². The Morgan fingerprint density at radius 2 is 1.86 bits per heavy atom. The molecular formula is C16H19F2N3. The van der Waals surface area contributed by atoms with E-state index in [1.165, 1.54) is 6.07 Å². The van der Waals surface area contributed by atoms with Crippen LogP contribution in [-0.4, -0.2) is 16.5 Å². The second-order valence-corrected chi connectivity index (χ2v) is 4.88. The van der Waals surface area contributed by atoms with Gasteiger partial charge in [0.1, 0.15) is 5.82 Å². The number of aromatic nitrogens is 2. The molecule has 2 rings (SSSR count). The molecule has 0 saturated heterocycles. The highest BCUT2D eigenvalue weighted by Crippen LogP contribution is 2.23. The molecule has 0 saturated carbocycles. The first-order valence-corrected chi connectivity index (χ1v) is 7.13. The van der Waals surface area contributed by atoms with Crippen molar-refractivity contribution in [1.82, 2.24) is 9.97 Å². The molecule has 1 aromatic carbocycles. The number of anilines is 1. The Bertz CT molecular complexity index is 642. The lowest BCUT2D eigenvalue weighted by Crippen LogP contribution is -2.08. The van der Waals surface area contributed by atoms with E-state index in [4.69, 9.17) is 0 Å². The van der Waals surface area contributed by atoms with Gasteiger partial charge in [-0.25, -0.2) is 18.7 Å². The fraction of sp³-hybridized carbons (Fsp3) is 0.375. The standard InChI is InChI=1S/C16H19F2N3/c1-4-8-19-15-10(3)14(5-2)20-16(21-15)11-6-7-12(17)13(18)9-11/h6-7,9H,4-5,8H2,1-3H3,(H,19,20,21). The third-order valence-electron chi connectivity index (χ3n) is 3.30. The Morgan fingerprint density at radius 3 is 2.48 bits per heavy atom. The van der Waals surface area contributed by atoms with Gasteiger partial charge in [0.05, 0.1) is 0 Å². The normalized spacial score (nSPS) is 10.7. The van der Waals surface area contributed by atoms with Crippen molar-refractivity contribution >= 4 is 5.82 Å². The highest BCUT2D eigenvalue weighted by molar-refractivity contribution is 5.60. The van der Waals surface area contributed by atoms with Crippen LogP contribution >= 0.6 is 0 Å². The van der Waals surface area contributed by atoms with Crippen LogP contribution in [0, 0.1) is 18.6 Å². The first-order valence-electron chi connectivity index (χ1n) is 7.13. The SMILES string of the molecule is CCCNc1nc(-c2ccc(F)c(F)c2)nc(CC)c1C. The van der Waals surface area contributed by atoms with E-state index < -0.39 is 11.6 Å². The number of aryl methyl sites for hydroxylation is 1. The van der Waals surface area contributed by atoms with Crippen LogP contribution in [0.15, 0.2) is 18.2 Å². The van der Waals surface area contributed by atoms with Gasteiger partial charge in [0.25, 0.3) is 0 Å². The Kier molecular flexibility index (Phi) is 4.83. The molecule has 5 heteroatoms. The summed E-state index contributed by atoms with van der Waals surface area (Å²) in [5.41, 5.74) is 2.38. The van der Waals surface area contributed by atoms with Gasteiger partial charge in [-0.2, -0.15) is 0 Å². The van der Waals surface area contributed by atoms with E-state index in [9.17, 15) is 8.78 Å². The summed E-state index contributed by atoms with van der Waals surface area (Å²) in [6.45, 7) is 6.85. The van der Waals surface area contributed by atoms with Gasteiger partial charge in [-0.15, -0.1) is 0 Å². The minimum atomic E-state index is -0.891. The second-order valence-electron chi connectivity index (χ2n) is 4.88. The van der Waals surface area contributed by atoms with Crippen molar-refractivity contribution in [1.29, 1.82) is 0 Å². The van der Waals surface area contributed by atoms with E-state index in [0.717, 1.165) is 48.6 Å². The van der Waals surface area contributed by atoms with Crippen LogP contribution < -0.4 is 5.32 Å². The molecule has 0 atom stereocenters. The van der Waals surface area contributed by atoms with E-state index in [0.29, 0.717) is 11.4 Å². The fourth-order valence-corrected chi connectivity index (χ4v) is 2.09. The number of benzene rings is 1. The molecule has 0 aliphatic rings. The number of halogens is 2. The van der Waals surface area contributed by atoms with Gasteiger partial charge in [-0.1, -0.05) is 13.8 Å². The predicted octanol–water partition coefficient (Wildman–Crippen LogP) is 4.11. The third kappa shape index (κ3) is 3.35. The van der Waals surface area contributed by atoms with Gasteiger partial charge in [-0.05, 0) is 38.0 Å². The number of nitrogens with one attached hydrogen (secondary N) is 1. The lowest BCUT2D eigenvalue weighted by Gasteiger charge is -2.13. The largest absolute Gasteiger partial charge is 0.370 e. The van der Waals surface area contributed by atoms with Crippen molar-refractivity contribution in [3.8, 4) is 11.4 Å². The molecule has 3 nitrogen and oxygen atoms in total. The van der Waals surface area contributed by atoms with Crippen molar-refractivity contribution in [3.05, 3.63) is 41.1 Å². The van der Waals surface area contributed by atoms with E-state index >= 15 is 0 Å². The van der Waals surface area contributed by atoms with Crippen molar-refractivity contribution < 1.29 is 8.78 Å². The molecule has 0 aliphatic heterocycles. The molecule has 0 amide bonds. The minimum absolute atomic E-state index is 0.412. The lowest BCUT2D eigenvalue weighted by atomic mass is 10.1. The zero-order valence-corrected chi connectivity index (χ0v) is 12.5. The van der Waals surface area contributed by atoms with E-state index in [-0.39, 0.29) is 0 Å². The molecule has 1 N–H and O–H groups in total. The summed E-state index contributed by atoms with van der Waals surface area (Å²) >= 11 is 0. The molecular weight excluding hydrogens is 272 g/mol. The number of hydrogen-bond acceptors (Lipinski definition) is 3. The number of hydrogen-bond donors (Lipinski definition) is 1. The van der Waals surface area contributed by atoms with Crippen molar-refractivity contribution in [2.75, 3.05) is 11.9 Å². The molecule has 0 unspecified atom stereocenters. The van der Waals surface area contributed by atoms with Gasteiger partial charge >= 0.3 is 0 Å². The van der Waals surface area contributed by atoms with Gasteiger partial charge in [0, 0.05) is 23.4 Å². The first-order chi connectivity index (χ1) is 10.1. The fourth-order valence-electron chi connectivity index (χ4n) is 2.09. The van der Waals surface area contributed by atoms with Crippen LogP contribution in [0.25, 0.3) is 11.4 Å². The van der Waals surface area contributed by atoms with Crippen LogP contribution in [0.5, 0.6) is 0 Å². The summed E-state index contributed by atoms with van der Waals surface area (Å²) in [6.07, 6.45) is 1.73. The molecule has 0 fully saturated rings. The van der Waals surface area contributed by atoms with Crippen LogP contribution in [0.1, 0.15) is 31.5 Å². The molecule has 112 valence electrons. The Balaban J connectivity index is 2.49. The van der Waals surface area contributed by atoms with Crippen molar-refractivity contribution in [2.45, 2.75) is 33.6 Å². The van der Waals surface area contributed by atoms with Crippen molar-refractivity contribution in [2.24, 2.45) is 0 Å². The highest BCUT2D eigenvalue weighted by Gasteiger charge is 2.12.